The summed E-state index contributed by atoms with van der Waals surface area (Å²) in [6, 6.07) is 20.7. The van der Waals surface area contributed by atoms with Gasteiger partial charge in [-0.2, -0.15) is 0 Å². The van der Waals surface area contributed by atoms with Gasteiger partial charge in [-0.3, -0.25) is 14.5 Å². The lowest BCUT2D eigenvalue weighted by Crippen LogP contribution is -2.28. The Morgan fingerprint density at radius 2 is 1.66 bits per heavy atom. The minimum Gasteiger partial charge on any atom is -0.497 e. The molecule has 6 nitrogen and oxygen atoms in total. The SMILES string of the molecule is COc1ccc(N2C(=O)CSC2c2ccc(NC(=O)c3ccc(C(C)(C)C)cc3)cc2)c(OC)c1. The number of carbonyl (C=O) groups excluding carboxylic acids is 2. The van der Waals surface area contributed by atoms with Crippen molar-refractivity contribution in [3.05, 3.63) is 83.4 Å². The molecule has 0 spiro atoms. The third-order valence-electron chi connectivity index (χ3n) is 5.98. The summed E-state index contributed by atoms with van der Waals surface area (Å²) in [5.74, 6) is 1.47. The summed E-state index contributed by atoms with van der Waals surface area (Å²) >= 11 is 1.56. The first-order chi connectivity index (χ1) is 16.7. The van der Waals surface area contributed by atoms with Crippen LogP contribution in [0.1, 0.15) is 47.6 Å². The molecule has 1 aliphatic heterocycles. The van der Waals surface area contributed by atoms with Gasteiger partial charge in [-0.15, -0.1) is 11.8 Å². The monoisotopic (exact) mass is 490 g/mol. The number of hydrogen-bond acceptors (Lipinski definition) is 5. The molecule has 1 atom stereocenters. The number of amides is 2. The van der Waals surface area contributed by atoms with E-state index < -0.39 is 0 Å². The van der Waals surface area contributed by atoms with E-state index in [0.717, 1.165) is 5.56 Å². The van der Waals surface area contributed by atoms with Crippen molar-refractivity contribution in [1.82, 2.24) is 0 Å². The summed E-state index contributed by atoms with van der Waals surface area (Å²) in [5, 5.41) is 2.76. The highest BCUT2D eigenvalue weighted by atomic mass is 32.2. The number of benzene rings is 3. The van der Waals surface area contributed by atoms with Crippen molar-refractivity contribution in [3.63, 3.8) is 0 Å². The van der Waals surface area contributed by atoms with Gasteiger partial charge in [-0.05, 0) is 52.9 Å². The molecule has 2 amide bonds. The van der Waals surface area contributed by atoms with Gasteiger partial charge in [0.05, 0.1) is 25.7 Å². The van der Waals surface area contributed by atoms with Crippen LogP contribution in [0, 0.1) is 0 Å². The average molecular weight is 491 g/mol. The Hall–Kier alpha value is -3.45. The molecule has 1 heterocycles. The Kier molecular flexibility index (Phi) is 7.08. The second-order valence-electron chi connectivity index (χ2n) is 9.37. The maximum atomic E-state index is 12.8. The summed E-state index contributed by atoms with van der Waals surface area (Å²) in [7, 11) is 3.17. The van der Waals surface area contributed by atoms with Gasteiger partial charge in [-0.1, -0.05) is 45.0 Å². The van der Waals surface area contributed by atoms with E-state index >= 15 is 0 Å². The van der Waals surface area contributed by atoms with Gasteiger partial charge < -0.3 is 14.8 Å². The van der Waals surface area contributed by atoms with Crippen LogP contribution in [0.5, 0.6) is 11.5 Å². The third-order valence-corrected chi connectivity index (χ3v) is 7.19. The first kappa shape index (κ1) is 24.7. The average Bonchev–Trinajstić information content (AvgIpc) is 3.24. The Balaban J connectivity index is 1.51. The summed E-state index contributed by atoms with van der Waals surface area (Å²) < 4.78 is 10.8. The predicted octanol–water partition coefficient (Wildman–Crippen LogP) is 6.03. The Labute approximate surface area is 210 Å². The van der Waals surface area contributed by atoms with E-state index in [2.05, 4.69) is 26.1 Å². The normalized spacial score (nSPS) is 15.7. The number of thioether (sulfide) groups is 1. The molecule has 4 rings (SSSR count). The van der Waals surface area contributed by atoms with E-state index in [1.807, 2.05) is 60.7 Å². The molecular weight excluding hydrogens is 460 g/mol. The van der Waals surface area contributed by atoms with Gasteiger partial charge in [-0.25, -0.2) is 0 Å². The molecule has 0 aromatic heterocycles. The molecule has 0 radical (unpaired) electrons. The van der Waals surface area contributed by atoms with E-state index in [1.54, 1.807) is 36.9 Å². The standard InChI is InChI=1S/C28H30N2O4S/c1-28(2,3)20-10-6-18(7-11-20)26(32)29-21-12-8-19(9-13-21)27-30(25(31)17-35-27)23-15-14-22(33-4)16-24(23)34-5/h6-16,27H,17H2,1-5H3,(H,29,32). The van der Waals surface area contributed by atoms with Gasteiger partial charge in [0.1, 0.15) is 16.9 Å². The molecule has 3 aromatic rings. The van der Waals surface area contributed by atoms with Crippen molar-refractivity contribution < 1.29 is 19.1 Å². The van der Waals surface area contributed by atoms with E-state index in [4.69, 9.17) is 9.47 Å². The lowest BCUT2D eigenvalue weighted by atomic mass is 9.87. The fraction of sp³-hybridized carbons (Fsp3) is 0.286. The maximum absolute atomic E-state index is 12.8. The quantitative estimate of drug-likeness (QED) is 0.457. The molecule has 1 saturated heterocycles. The van der Waals surface area contributed by atoms with Crippen LogP contribution in [0.15, 0.2) is 66.7 Å². The molecule has 1 aliphatic rings. The van der Waals surface area contributed by atoms with Crippen molar-refractivity contribution in [2.45, 2.75) is 31.6 Å². The molecule has 182 valence electrons. The van der Waals surface area contributed by atoms with Gasteiger partial charge >= 0.3 is 0 Å². The van der Waals surface area contributed by atoms with Crippen molar-refractivity contribution in [2.24, 2.45) is 0 Å². The van der Waals surface area contributed by atoms with Crippen LogP contribution in [-0.4, -0.2) is 31.8 Å². The van der Waals surface area contributed by atoms with Crippen LogP contribution in [0.3, 0.4) is 0 Å². The van der Waals surface area contributed by atoms with Crippen LogP contribution in [0.2, 0.25) is 0 Å². The molecule has 0 aliphatic carbocycles. The molecule has 3 aromatic carbocycles. The van der Waals surface area contributed by atoms with E-state index in [-0.39, 0.29) is 22.6 Å². The van der Waals surface area contributed by atoms with Crippen molar-refractivity contribution in [3.8, 4) is 11.5 Å². The Bertz CT molecular complexity index is 1220. The lowest BCUT2D eigenvalue weighted by molar-refractivity contribution is -0.115. The van der Waals surface area contributed by atoms with Crippen LogP contribution in [0.25, 0.3) is 0 Å². The number of hydrogen-bond donors (Lipinski definition) is 1. The first-order valence-corrected chi connectivity index (χ1v) is 12.4. The second-order valence-corrected chi connectivity index (χ2v) is 10.4. The van der Waals surface area contributed by atoms with E-state index in [0.29, 0.717) is 34.2 Å². The fourth-order valence-corrected chi connectivity index (χ4v) is 5.14. The van der Waals surface area contributed by atoms with Crippen LogP contribution in [-0.2, 0) is 10.2 Å². The minimum absolute atomic E-state index is 0.0135. The molecule has 1 fully saturated rings. The topological polar surface area (TPSA) is 67.9 Å². The number of rotatable bonds is 6. The van der Waals surface area contributed by atoms with Crippen molar-refractivity contribution in [2.75, 3.05) is 30.2 Å². The van der Waals surface area contributed by atoms with Crippen LogP contribution >= 0.6 is 11.8 Å². The van der Waals surface area contributed by atoms with Gasteiger partial charge in [0.25, 0.3) is 5.91 Å². The van der Waals surface area contributed by atoms with Gasteiger partial charge in [0, 0.05) is 17.3 Å². The zero-order valence-electron chi connectivity index (χ0n) is 20.6. The molecule has 0 bridgehead atoms. The number of methoxy groups -OCH3 is 2. The molecule has 0 saturated carbocycles. The smallest absolute Gasteiger partial charge is 0.255 e. The summed E-state index contributed by atoms with van der Waals surface area (Å²) in [5.41, 5.74) is 4.18. The number of anilines is 2. The van der Waals surface area contributed by atoms with Crippen LogP contribution in [0.4, 0.5) is 11.4 Å². The summed E-state index contributed by atoms with van der Waals surface area (Å²) in [6.07, 6.45) is 0. The zero-order valence-corrected chi connectivity index (χ0v) is 21.4. The molecule has 7 heteroatoms. The van der Waals surface area contributed by atoms with E-state index in [1.165, 1.54) is 5.56 Å². The number of nitrogens with one attached hydrogen (secondary N) is 1. The van der Waals surface area contributed by atoms with Crippen LogP contribution < -0.4 is 19.7 Å². The summed E-state index contributed by atoms with van der Waals surface area (Å²) in [6.45, 7) is 6.43. The number of ether oxygens (including phenoxy) is 2. The minimum atomic E-state index is -0.195. The van der Waals surface area contributed by atoms with Crippen molar-refractivity contribution in [1.29, 1.82) is 0 Å². The lowest BCUT2D eigenvalue weighted by Gasteiger charge is -2.26. The Morgan fingerprint density at radius 1 is 0.971 bits per heavy atom. The van der Waals surface area contributed by atoms with Gasteiger partial charge in [0.2, 0.25) is 5.91 Å². The zero-order chi connectivity index (χ0) is 25.2. The van der Waals surface area contributed by atoms with Gasteiger partial charge in [0.15, 0.2) is 0 Å². The molecular formula is C28H30N2O4S. The first-order valence-electron chi connectivity index (χ1n) is 11.4. The number of carbonyl (C=O) groups is 2. The second kappa shape index (κ2) is 10.0. The highest BCUT2D eigenvalue weighted by Gasteiger charge is 2.35. The third kappa shape index (κ3) is 5.30. The molecule has 1 N–H and O–H groups in total. The van der Waals surface area contributed by atoms with E-state index in [9.17, 15) is 9.59 Å². The highest BCUT2D eigenvalue weighted by Crippen LogP contribution is 2.45. The number of nitrogens with zero attached hydrogens (tertiary/aromatic N) is 1. The fourth-order valence-electron chi connectivity index (χ4n) is 3.97. The highest BCUT2D eigenvalue weighted by molar-refractivity contribution is 8.00. The summed E-state index contributed by atoms with van der Waals surface area (Å²) in [4.78, 5) is 27.3. The van der Waals surface area contributed by atoms with Crippen molar-refractivity contribution >= 4 is 35.0 Å². The maximum Gasteiger partial charge on any atom is 0.255 e. The Morgan fingerprint density at radius 3 is 2.26 bits per heavy atom. The molecule has 35 heavy (non-hydrogen) atoms. The largest absolute Gasteiger partial charge is 0.497 e. The molecule has 1 unspecified atom stereocenters. The predicted molar refractivity (Wildman–Crippen MR) is 142 cm³/mol.